The lowest BCUT2D eigenvalue weighted by Crippen LogP contribution is -2.25. The topological polar surface area (TPSA) is 78.3 Å². The molecule has 7 nitrogen and oxygen atoms in total. The normalized spacial score (nSPS) is 17.1. The summed E-state index contributed by atoms with van der Waals surface area (Å²) in [4.78, 5) is 21.2. The lowest BCUT2D eigenvalue weighted by atomic mass is 10.1. The van der Waals surface area contributed by atoms with Crippen molar-refractivity contribution in [2.45, 2.75) is 38.1 Å². The lowest BCUT2D eigenvalue weighted by Gasteiger charge is -2.26. The van der Waals surface area contributed by atoms with Gasteiger partial charge in [-0.3, -0.25) is 9.78 Å². The fraction of sp³-hybridized carbons (Fsp3) is 0.500. The van der Waals surface area contributed by atoms with Gasteiger partial charge in [0.15, 0.2) is 0 Å². The number of ether oxygens (including phenoxy) is 2. The van der Waals surface area contributed by atoms with Gasteiger partial charge in [-0.1, -0.05) is 11.6 Å². The zero-order chi connectivity index (χ0) is 20.9. The summed E-state index contributed by atoms with van der Waals surface area (Å²) in [7, 11) is 1.64. The summed E-state index contributed by atoms with van der Waals surface area (Å²) in [5.74, 6) is 0.703. The van der Waals surface area contributed by atoms with Crippen LogP contribution in [0.1, 0.15) is 37.5 Å². The quantitative estimate of drug-likeness (QED) is 0.685. The molecule has 0 unspecified atom stereocenters. The van der Waals surface area contributed by atoms with Crippen molar-refractivity contribution in [2.24, 2.45) is 0 Å². The number of pyridine rings is 1. The van der Waals surface area contributed by atoms with Crippen molar-refractivity contribution >= 4 is 39.4 Å². The molecular formula is C22H27ClN4O3. The summed E-state index contributed by atoms with van der Waals surface area (Å²) >= 11 is 6.23. The van der Waals surface area contributed by atoms with Crippen LogP contribution in [0.4, 0.5) is 0 Å². The van der Waals surface area contributed by atoms with Crippen LogP contribution in [0, 0.1) is 0 Å². The molecule has 0 radical (unpaired) electrons. The van der Waals surface area contributed by atoms with E-state index in [-0.39, 0.29) is 18.4 Å². The summed E-state index contributed by atoms with van der Waals surface area (Å²) in [6, 6.07) is 5.93. The molecule has 0 spiro atoms. The van der Waals surface area contributed by atoms with E-state index in [2.05, 4.69) is 14.9 Å². The summed E-state index contributed by atoms with van der Waals surface area (Å²) < 4.78 is 12.7. The molecule has 30 heavy (non-hydrogen) atoms. The van der Waals surface area contributed by atoms with E-state index in [1.54, 1.807) is 13.2 Å². The Labute approximate surface area is 180 Å². The van der Waals surface area contributed by atoms with Crippen LogP contribution in [0.25, 0.3) is 21.9 Å². The van der Waals surface area contributed by atoms with Gasteiger partial charge in [0, 0.05) is 49.9 Å². The van der Waals surface area contributed by atoms with Gasteiger partial charge in [0.2, 0.25) is 5.91 Å². The summed E-state index contributed by atoms with van der Waals surface area (Å²) in [6.45, 7) is 3.43. The van der Waals surface area contributed by atoms with Crippen LogP contribution >= 0.6 is 11.6 Å². The van der Waals surface area contributed by atoms with Gasteiger partial charge in [0.1, 0.15) is 11.3 Å². The number of carbonyl (C=O) groups is 1. The number of aromatic nitrogens is 3. The van der Waals surface area contributed by atoms with Gasteiger partial charge in [-0.2, -0.15) is 0 Å². The van der Waals surface area contributed by atoms with Gasteiger partial charge in [-0.25, -0.2) is 4.98 Å². The molecule has 2 saturated heterocycles. The first kappa shape index (κ1) is 21.0. The predicted molar refractivity (Wildman–Crippen MR) is 117 cm³/mol. The first-order valence-corrected chi connectivity index (χ1v) is 10.9. The van der Waals surface area contributed by atoms with Crippen LogP contribution in [0.5, 0.6) is 0 Å². The molecule has 4 heterocycles. The van der Waals surface area contributed by atoms with Gasteiger partial charge in [0.25, 0.3) is 0 Å². The summed E-state index contributed by atoms with van der Waals surface area (Å²) in [6.07, 6.45) is 6.37. The smallest absolute Gasteiger partial charge is 0.227 e. The maximum absolute atomic E-state index is 12.0. The predicted octanol–water partition coefficient (Wildman–Crippen LogP) is 3.67. The van der Waals surface area contributed by atoms with Crippen LogP contribution < -0.4 is 5.32 Å². The van der Waals surface area contributed by atoms with Crippen LogP contribution in [-0.2, 0) is 20.7 Å². The van der Waals surface area contributed by atoms with Crippen LogP contribution in [0.3, 0.4) is 0 Å². The molecule has 1 aromatic carbocycles. The fourth-order valence-corrected chi connectivity index (χ4v) is 4.17. The molecule has 2 aliphatic heterocycles. The fourth-order valence-electron chi connectivity index (χ4n) is 4.00. The Morgan fingerprint density at radius 2 is 1.90 bits per heavy atom. The Morgan fingerprint density at radius 3 is 2.57 bits per heavy atom. The van der Waals surface area contributed by atoms with E-state index in [9.17, 15) is 4.79 Å². The van der Waals surface area contributed by atoms with Crippen LogP contribution in [0.2, 0.25) is 5.02 Å². The highest BCUT2D eigenvalue weighted by Gasteiger charge is 2.24. The van der Waals surface area contributed by atoms with Gasteiger partial charge in [-0.15, -0.1) is 0 Å². The number of halogens is 1. The number of fused-ring (bicyclic) bond motifs is 3. The van der Waals surface area contributed by atoms with E-state index in [1.165, 1.54) is 12.8 Å². The molecule has 0 saturated carbocycles. The van der Waals surface area contributed by atoms with Gasteiger partial charge in [0.05, 0.1) is 23.7 Å². The number of hydrogen-bond acceptors (Lipinski definition) is 5. The second-order valence-corrected chi connectivity index (χ2v) is 8.00. The van der Waals surface area contributed by atoms with Gasteiger partial charge < -0.3 is 19.4 Å². The molecular weight excluding hydrogens is 404 g/mol. The minimum Gasteiger partial charge on any atom is -0.381 e. The number of nitrogens with zero attached hydrogens (tertiary/aromatic N) is 3. The number of carbonyl (C=O) groups excluding carboxylic acids is 1. The van der Waals surface area contributed by atoms with Gasteiger partial charge in [-0.05, 0) is 43.9 Å². The van der Waals surface area contributed by atoms with Crippen molar-refractivity contribution in [1.29, 1.82) is 0 Å². The minimum absolute atomic E-state index is 0.0566. The number of benzene rings is 1. The van der Waals surface area contributed by atoms with Crippen LogP contribution in [-0.4, -0.2) is 53.9 Å². The number of amides is 1. The molecule has 0 bridgehead atoms. The molecule has 8 heteroatoms. The van der Waals surface area contributed by atoms with Crippen LogP contribution in [0.15, 0.2) is 24.4 Å². The average Bonchev–Trinajstić information content (AvgIpc) is 3.46. The van der Waals surface area contributed by atoms with E-state index < -0.39 is 0 Å². The molecule has 1 amide bonds. The maximum Gasteiger partial charge on any atom is 0.227 e. The lowest BCUT2D eigenvalue weighted by molar-refractivity contribution is -0.120. The largest absolute Gasteiger partial charge is 0.381 e. The number of hydrogen-bond donors (Lipinski definition) is 1. The number of likely N-dealkylation sites (N-methyl/N-ethyl adjacent to an activating group) is 1. The van der Waals surface area contributed by atoms with Crippen molar-refractivity contribution in [2.75, 3.05) is 33.5 Å². The Hall–Kier alpha value is -2.22. The van der Waals surface area contributed by atoms with E-state index in [0.717, 1.165) is 53.8 Å². The molecule has 160 valence electrons. The number of imidazole rings is 1. The highest BCUT2D eigenvalue weighted by atomic mass is 35.5. The maximum atomic E-state index is 12.0. The Bertz CT molecular complexity index is 1020. The van der Waals surface area contributed by atoms with E-state index >= 15 is 0 Å². The second-order valence-electron chi connectivity index (χ2n) is 7.56. The second kappa shape index (κ2) is 9.73. The van der Waals surface area contributed by atoms with Crippen molar-refractivity contribution in [1.82, 2.24) is 19.9 Å². The third-order valence-electron chi connectivity index (χ3n) is 5.53. The zero-order valence-electron chi connectivity index (χ0n) is 17.2. The molecule has 2 aliphatic rings. The third kappa shape index (κ3) is 4.58. The zero-order valence-corrected chi connectivity index (χ0v) is 18.0. The summed E-state index contributed by atoms with van der Waals surface area (Å²) in [5, 5.41) is 4.31. The number of rotatable bonds is 3. The first-order chi connectivity index (χ1) is 14.7. The van der Waals surface area contributed by atoms with Gasteiger partial charge >= 0.3 is 0 Å². The SMILES string of the molecule is C1CCOC1.CNC(=O)Cc1nc2cnc3ccc(Cl)cc3c2n1C1CCOCC1. The Balaban J connectivity index is 0.000000383. The molecule has 0 aliphatic carbocycles. The molecule has 2 fully saturated rings. The monoisotopic (exact) mass is 430 g/mol. The molecule has 1 N–H and O–H groups in total. The average molecular weight is 431 g/mol. The standard InChI is InChI=1S/C18H19ClN4O2.C4H8O/c1-20-17(24)9-16-22-15-10-21-14-3-2-11(19)8-13(14)18(15)23(16)12-4-6-25-7-5-12;1-2-4-5-3-1/h2-3,8,10,12H,4-7,9H2,1H3,(H,20,24);1-4H2. The summed E-state index contributed by atoms with van der Waals surface area (Å²) in [5.41, 5.74) is 2.66. The minimum atomic E-state index is -0.0566. The number of nitrogens with one attached hydrogen (secondary N) is 1. The highest BCUT2D eigenvalue weighted by molar-refractivity contribution is 6.31. The van der Waals surface area contributed by atoms with Crippen molar-refractivity contribution in [3.63, 3.8) is 0 Å². The Kier molecular flexibility index (Phi) is 6.82. The molecule has 5 rings (SSSR count). The first-order valence-electron chi connectivity index (χ1n) is 10.5. The van der Waals surface area contributed by atoms with Crippen molar-refractivity contribution < 1.29 is 14.3 Å². The van der Waals surface area contributed by atoms with Crippen molar-refractivity contribution in [3.8, 4) is 0 Å². The van der Waals surface area contributed by atoms with E-state index in [0.29, 0.717) is 18.2 Å². The highest BCUT2D eigenvalue weighted by Crippen LogP contribution is 2.33. The van der Waals surface area contributed by atoms with Crippen molar-refractivity contribution in [3.05, 3.63) is 35.2 Å². The molecule has 2 aromatic heterocycles. The van der Waals surface area contributed by atoms with E-state index in [1.807, 2.05) is 18.2 Å². The van der Waals surface area contributed by atoms with E-state index in [4.69, 9.17) is 26.1 Å². The molecule has 3 aromatic rings. The third-order valence-corrected chi connectivity index (χ3v) is 5.77. The molecule has 0 atom stereocenters. The Morgan fingerprint density at radius 1 is 1.17 bits per heavy atom.